The van der Waals surface area contributed by atoms with Gasteiger partial charge in [-0.25, -0.2) is 0 Å². The lowest BCUT2D eigenvalue weighted by atomic mass is 9.93. The molecule has 0 aromatic carbocycles. The molecule has 8 nitrogen and oxygen atoms in total. The van der Waals surface area contributed by atoms with E-state index < -0.39 is 0 Å². The Labute approximate surface area is 194 Å². The molecule has 0 heterocycles. The van der Waals surface area contributed by atoms with E-state index in [1.165, 1.54) is 0 Å². The Morgan fingerprint density at radius 3 is 2.06 bits per heavy atom. The quantitative estimate of drug-likeness (QED) is 0.221. The van der Waals surface area contributed by atoms with Gasteiger partial charge in [-0.15, -0.1) is 0 Å². The summed E-state index contributed by atoms with van der Waals surface area (Å²) in [6.07, 6.45) is 6.19. The van der Waals surface area contributed by atoms with Crippen molar-refractivity contribution < 1.29 is 33.3 Å². The normalized spacial score (nSPS) is 12.0. The average Bonchev–Trinajstić information content (AvgIpc) is 2.79. The van der Waals surface area contributed by atoms with Crippen molar-refractivity contribution in [1.82, 2.24) is 5.32 Å². The molecule has 0 aliphatic rings. The SMILES string of the molecule is CCCOCCOCC(=O)CCCOCCOCC(=O)NCCCC[C@H](CC)C(=O)CC. The van der Waals surface area contributed by atoms with Crippen LogP contribution in [-0.4, -0.2) is 76.9 Å². The van der Waals surface area contributed by atoms with E-state index >= 15 is 0 Å². The van der Waals surface area contributed by atoms with Crippen LogP contribution in [0.4, 0.5) is 0 Å². The molecule has 0 saturated heterocycles. The van der Waals surface area contributed by atoms with E-state index in [-0.39, 0.29) is 30.8 Å². The first-order valence-corrected chi connectivity index (χ1v) is 12.2. The monoisotopic (exact) mass is 459 g/mol. The first-order chi connectivity index (χ1) is 15.5. The molecule has 188 valence electrons. The molecule has 0 bridgehead atoms. The molecule has 0 aromatic heterocycles. The number of Topliss-reactive ketones (excluding diaryl/α,β-unsaturated/α-hetero) is 2. The summed E-state index contributed by atoms with van der Waals surface area (Å²) in [4.78, 5) is 35.1. The zero-order valence-electron chi connectivity index (χ0n) is 20.5. The van der Waals surface area contributed by atoms with Gasteiger partial charge >= 0.3 is 0 Å². The van der Waals surface area contributed by atoms with E-state index in [2.05, 4.69) is 5.32 Å². The van der Waals surface area contributed by atoms with E-state index in [4.69, 9.17) is 18.9 Å². The highest BCUT2D eigenvalue weighted by Gasteiger charge is 2.13. The van der Waals surface area contributed by atoms with Crippen molar-refractivity contribution in [2.75, 3.05) is 59.4 Å². The van der Waals surface area contributed by atoms with Gasteiger partial charge in [-0.1, -0.05) is 27.2 Å². The van der Waals surface area contributed by atoms with Crippen molar-refractivity contribution in [3.05, 3.63) is 0 Å². The number of hydrogen-bond donors (Lipinski definition) is 1. The van der Waals surface area contributed by atoms with Crippen LogP contribution in [0.5, 0.6) is 0 Å². The predicted octanol–water partition coefficient (Wildman–Crippen LogP) is 3.10. The smallest absolute Gasteiger partial charge is 0.245 e. The Hall–Kier alpha value is -1.35. The first-order valence-electron chi connectivity index (χ1n) is 12.2. The lowest BCUT2D eigenvalue weighted by Crippen LogP contribution is -2.29. The van der Waals surface area contributed by atoms with E-state index in [1.807, 2.05) is 20.8 Å². The zero-order chi connectivity index (χ0) is 23.9. The molecule has 0 aliphatic carbocycles. The maximum Gasteiger partial charge on any atom is 0.245 e. The summed E-state index contributed by atoms with van der Waals surface area (Å²) >= 11 is 0. The number of carbonyl (C=O) groups is 3. The molecule has 0 radical (unpaired) electrons. The molecule has 0 aromatic rings. The Balaban J connectivity index is 3.42. The van der Waals surface area contributed by atoms with Crippen molar-refractivity contribution in [3.8, 4) is 0 Å². The lowest BCUT2D eigenvalue weighted by Gasteiger charge is -2.12. The molecule has 1 N–H and O–H groups in total. The van der Waals surface area contributed by atoms with Crippen LogP contribution in [0.2, 0.25) is 0 Å². The highest BCUT2D eigenvalue weighted by Crippen LogP contribution is 2.14. The Morgan fingerprint density at radius 1 is 0.750 bits per heavy atom. The minimum absolute atomic E-state index is 0.00700. The summed E-state index contributed by atoms with van der Waals surface area (Å²) in [5.41, 5.74) is 0. The van der Waals surface area contributed by atoms with E-state index in [0.717, 1.165) is 32.1 Å². The van der Waals surface area contributed by atoms with Gasteiger partial charge in [0.15, 0.2) is 5.78 Å². The van der Waals surface area contributed by atoms with Gasteiger partial charge < -0.3 is 24.3 Å². The van der Waals surface area contributed by atoms with Crippen molar-refractivity contribution in [1.29, 1.82) is 0 Å². The van der Waals surface area contributed by atoms with Gasteiger partial charge in [-0.2, -0.15) is 0 Å². The summed E-state index contributed by atoms with van der Waals surface area (Å²) in [5, 5.41) is 2.83. The van der Waals surface area contributed by atoms with Crippen molar-refractivity contribution >= 4 is 17.5 Å². The second kappa shape index (κ2) is 22.8. The van der Waals surface area contributed by atoms with Crippen LogP contribution in [0.15, 0.2) is 0 Å². The fourth-order valence-electron chi connectivity index (χ4n) is 3.05. The largest absolute Gasteiger partial charge is 0.379 e. The predicted molar refractivity (Wildman–Crippen MR) is 124 cm³/mol. The van der Waals surface area contributed by atoms with Crippen LogP contribution in [0, 0.1) is 5.92 Å². The highest BCUT2D eigenvalue weighted by molar-refractivity contribution is 5.80. The Bertz CT molecular complexity index is 485. The third-order valence-electron chi connectivity index (χ3n) is 4.93. The molecule has 0 saturated carbocycles. The van der Waals surface area contributed by atoms with Crippen LogP contribution in [0.3, 0.4) is 0 Å². The number of unbranched alkanes of at least 4 members (excludes halogenated alkanes) is 1. The van der Waals surface area contributed by atoms with Gasteiger partial charge in [-0.05, 0) is 32.1 Å². The molecule has 32 heavy (non-hydrogen) atoms. The summed E-state index contributed by atoms with van der Waals surface area (Å²) in [6, 6.07) is 0. The topological polar surface area (TPSA) is 100 Å². The van der Waals surface area contributed by atoms with Crippen LogP contribution in [-0.2, 0) is 33.3 Å². The van der Waals surface area contributed by atoms with Gasteiger partial charge in [0, 0.05) is 38.5 Å². The number of carbonyl (C=O) groups excluding carboxylic acids is 3. The van der Waals surface area contributed by atoms with Gasteiger partial charge in [0.1, 0.15) is 19.0 Å². The molecule has 0 spiro atoms. The van der Waals surface area contributed by atoms with Crippen molar-refractivity contribution in [3.63, 3.8) is 0 Å². The highest BCUT2D eigenvalue weighted by atomic mass is 16.5. The second-order valence-electron chi connectivity index (χ2n) is 7.74. The van der Waals surface area contributed by atoms with Gasteiger partial charge in [-0.3, -0.25) is 14.4 Å². The number of amides is 1. The van der Waals surface area contributed by atoms with Gasteiger partial charge in [0.25, 0.3) is 0 Å². The number of hydrogen-bond acceptors (Lipinski definition) is 7. The molecule has 0 unspecified atom stereocenters. The van der Waals surface area contributed by atoms with Crippen LogP contribution >= 0.6 is 0 Å². The van der Waals surface area contributed by atoms with Gasteiger partial charge in [0.2, 0.25) is 5.91 Å². The maximum atomic E-state index is 11.7. The number of ketones is 2. The second-order valence-corrected chi connectivity index (χ2v) is 7.74. The molecule has 0 aliphatic heterocycles. The van der Waals surface area contributed by atoms with E-state index in [0.29, 0.717) is 71.2 Å². The van der Waals surface area contributed by atoms with E-state index in [1.54, 1.807) is 0 Å². The molecule has 8 heteroatoms. The molecular weight excluding hydrogens is 414 g/mol. The first kappa shape index (κ1) is 30.6. The Kier molecular flexibility index (Phi) is 21.9. The molecule has 0 fully saturated rings. The number of ether oxygens (including phenoxy) is 4. The van der Waals surface area contributed by atoms with Crippen molar-refractivity contribution in [2.45, 2.75) is 72.1 Å². The molecule has 1 amide bonds. The van der Waals surface area contributed by atoms with Crippen LogP contribution in [0.1, 0.15) is 72.1 Å². The third-order valence-corrected chi connectivity index (χ3v) is 4.93. The average molecular weight is 460 g/mol. The minimum atomic E-state index is -0.146. The number of nitrogens with one attached hydrogen (secondary N) is 1. The minimum Gasteiger partial charge on any atom is -0.379 e. The van der Waals surface area contributed by atoms with Gasteiger partial charge in [0.05, 0.1) is 26.4 Å². The summed E-state index contributed by atoms with van der Waals surface area (Å²) in [7, 11) is 0. The Morgan fingerprint density at radius 2 is 1.41 bits per heavy atom. The van der Waals surface area contributed by atoms with E-state index in [9.17, 15) is 14.4 Å². The summed E-state index contributed by atoms with van der Waals surface area (Å²) in [5.74, 6) is 0.393. The summed E-state index contributed by atoms with van der Waals surface area (Å²) in [6.45, 7) is 9.57. The maximum absolute atomic E-state index is 11.7. The van der Waals surface area contributed by atoms with Crippen LogP contribution in [0.25, 0.3) is 0 Å². The van der Waals surface area contributed by atoms with Crippen LogP contribution < -0.4 is 5.32 Å². The molecule has 1 atom stereocenters. The summed E-state index contributed by atoms with van der Waals surface area (Å²) < 4.78 is 21.2. The fraction of sp³-hybridized carbons (Fsp3) is 0.875. The third kappa shape index (κ3) is 19.3. The molecular formula is C24H45NO7. The standard InChI is InChI=1S/C24H45NO7/c1-4-13-29-15-17-31-19-22(26)11-9-14-30-16-18-32-20-24(28)25-12-8-7-10-21(5-2)23(27)6-3/h21H,4-20H2,1-3H3,(H,25,28)/t21-/m0/s1. The fourth-order valence-corrected chi connectivity index (χ4v) is 3.05. The lowest BCUT2D eigenvalue weighted by molar-refractivity contribution is -0.127. The van der Waals surface area contributed by atoms with Crippen molar-refractivity contribution in [2.24, 2.45) is 5.92 Å². The number of rotatable bonds is 24. The molecule has 0 rings (SSSR count). The zero-order valence-corrected chi connectivity index (χ0v) is 20.5.